The molecule has 2 aromatic heterocycles. The fourth-order valence-electron chi connectivity index (χ4n) is 3.37. The Bertz CT molecular complexity index is 1200. The van der Waals surface area contributed by atoms with Crippen LogP contribution < -0.4 is 10.5 Å². The van der Waals surface area contributed by atoms with E-state index in [1.54, 1.807) is 11.4 Å². The number of ether oxygens (including phenoxy) is 2. The summed E-state index contributed by atoms with van der Waals surface area (Å²) in [6.45, 7) is 2.83. The van der Waals surface area contributed by atoms with Gasteiger partial charge in [0.25, 0.3) is 0 Å². The summed E-state index contributed by atoms with van der Waals surface area (Å²) in [4.78, 5) is 16.7. The number of carbonyl (C=O) groups is 1. The Kier molecular flexibility index (Phi) is 6.24. The van der Waals surface area contributed by atoms with Crippen LogP contribution in [0.15, 0.2) is 66.9 Å². The monoisotopic (exact) mass is 416 g/mol. The van der Waals surface area contributed by atoms with Crippen LogP contribution >= 0.6 is 0 Å². The molecular weight excluding hydrogens is 392 g/mol. The highest BCUT2D eigenvalue weighted by atomic mass is 16.5. The molecule has 0 saturated heterocycles. The maximum absolute atomic E-state index is 11.9. The lowest BCUT2D eigenvalue weighted by molar-refractivity contribution is -0.142. The van der Waals surface area contributed by atoms with Crippen molar-refractivity contribution in [2.45, 2.75) is 26.5 Å². The van der Waals surface area contributed by atoms with Crippen molar-refractivity contribution in [1.29, 1.82) is 0 Å². The summed E-state index contributed by atoms with van der Waals surface area (Å²) in [7, 11) is 0. The predicted octanol–water partition coefficient (Wildman–Crippen LogP) is 3.54. The van der Waals surface area contributed by atoms with Crippen molar-refractivity contribution in [1.82, 2.24) is 14.6 Å². The molecule has 0 bridgehead atoms. The second kappa shape index (κ2) is 9.40. The maximum Gasteiger partial charge on any atom is 0.310 e. The Hall–Kier alpha value is -3.71. The highest BCUT2D eigenvalue weighted by Gasteiger charge is 2.13. The number of hydrogen-bond donors (Lipinski definition) is 1. The van der Waals surface area contributed by atoms with Crippen LogP contribution in [0.2, 0.25) is 0 Å². The van der Waals surface area contributed by atoms with Gasteiger partial charge in [0.05, 0.1) is 18.5 Å². The van der Waals surface area contributed by atoms with Gasteiger partial charge in [-0.15, -0.1) is 5.10 Å². The highest BCUT2D eigenvalue weighted by molar-refractivity contribution is 5.73. The molecular formula is C24H24N4O3. The lowest BCUT2D eigenvalue weighted by atomic mass is 10.1. The number of rotatable bonds is 8. The van der Waals surface area contributed by atoms with Crippen molar-refractivity contribution < 1.29 is 14.3 Å². The van der Waals surface area contributed by atoms with Crippen LogP contribution in [0.1, 0.15) is 23.7 Å². The zero-order valence-corrected chi connectivity index (χ0v) is 17.3. The normalized spacial score (nSPS) is 10.9. The first-order chi connectivity index (χ1) is 15.2. The fourth-order valence-corrected chi connectivity index (χ4v) is 3.37. The van der Waals surface area contributed by atoms with E-state index in [4.69, 9.17) is 20.2 Å². The maximum atomic E-state index is 11.9. The van der Waals surface area contributed by atoms with E-state index in [1.165, 1.54) is 0 Å². The number of nitrogens with zero attached hydrogens (tertiary/aromatic N) is 3. The first-order valence-electron chi connectivity index (χ1n) is 10.2. The molecule has 0 spiro atoms. The average Bonchev–Trinajstić information content (AvgIpc) is 3.27. The summed E-state index contributed by atoms with van der Waals surface area (Å²) in [5.41, 5.74) is 10.1. The Morgan fingerprint density at radius 2 is 1.97 bits per heavy atom. The van der Waals surface area contributed by atoms with Gasteiger partial charge in [0.2, 0.25) is 0 Å². The van der Waals surface area contributed by atoms with Crippen LogP contribution in [0.4, 0.5) is 0 Å². The molecule has 0 radical (unpaired) electrons. The SMILES string of the molecule is CCOC(=O)Cc1ccccc1OCc1nc(-c2cccc(CN)c2)nn2cccc12. The zero-order valence-electron chi connectivity index (χ0n) is 17.3. The van der Waals surface area contributed by atoms with Crippen molar-refractivity contribution in [3.8, 4) is 17.1 Å². The van der Waals surface area contributed by atoms with Gasteiger partial charge in [0, 0.05) is 23.9 Å². The number of aromatic nitrogens is 3. The van der Waals surface area contributed by atoms with Gasteiger partial charge in [-0.05, 0) is 36.8 Å². The molecule has 2 N–H and O–H groups in total. The Morgan fingerprint density at radius 1 is 1.10 bits per heavy atom. The summed E-state index contributed by atoms with van der Waals surface area (Å²) in [5.74, 6) is 0.944. The summed E-state index contributed by atoms with van der Waals surface area (Å²) < 4.78 is 12.9. The lowest BCUT2D eigenvalue weighted by Gasteiger charge is -2.12. The van der Waals surface area contributed by atoms with E-state index in [9.17, 15) is 4.79 Å². The van der Waals surface area contributed by atoms with E-state index < -0.39 is 0 Å². The molecule has 2 aromatic carbocycles. The van der Waals surface area contributed by atoms with E-state index in [1.807, 2.05) is 66.9 Å². The Morgan fingerprint density at radius 3 is 2.81 bits per heavy atom. The van der Waals surface area contributed by atoms with Gasteiger partial charge in [0.15, 0.2) is 5.82 Å². The molecule has 31 heavy (non-hydrogen) atoms. The second-order valence-electron chi connectivity index (χ2n) is 7.00. The third kappa shape index (κ3) is 4.73. The Labute approximate surface area is 180 Å². The van der Waals surface area contributed by atoms with E-state index >= 15 is 0 Å². The molecule has 4 aromatic rings. The van der Waals surface area contributed by atoms with E-state index in [-0.39, 0.29) is 19.0 Å². The smallest absolute Gasteiger partial charge is 0.310 e. The number of hydrogen-bond acceptors (Lipinski definition) is 6. The first kappa shape index (κ1) is 20.6. The highest BCUT2D eigenvalue weighted by Crippen LogP contribution is 2.23. The van der Waals surface area contributed by atoms with Gasteiger partial charge < -0.3 is 15.2 Å². The molecule has 0 atom stereocenters. The zero-order chi connectivity index (χ0) is 21.6. The van der Waals surface area contributed by atoms with E-state index in [0.717, 1.165) is 27.9 Å². The summed E-state index contributed by atoms with van der Waals surface area (Å²) in [6.07, 6.45) is 2.04. The molecule has 0 amide bonds. The third-order valence-corrected chi connectivity index (χ3v) is 4.87. The van der Waals surface area contributed by atoms with Crippen LogP contribution in [0.5, 0.6) is 5.75 Å². The average molecular weight is 416 g/mol. The third-order valence-electron chi connectivity index (χ3n) is 4.87. The topological polar surface area (TPSA) is 91.7 Å². The number of carbonyl (C=O) groups excluding carboxylic acids is 1. The first-order valence-corrected chi connectivity index (χ1v) is 10.2. The van der Waals surface area contributed by atoms with Gasteiger partial charge in [-0.25, -0.2) is 9.50 Å². The standard InChI is InChI=1S/C24H24N4O3/c1-2-30-23(29)14-18-8-3-4-11-22(18)31-16-20-21-10-6-12-28(21)27-24(26-20)19-9-5-7-17(13-19)15-25/h3-13H,2,14-16,25H2,1H3. The minimum absolute atomic E-state index is 0.158. The molecule has 0 aliphatic rings. The minimum atomic E-state index is -0.281. The molecule has 2 heterocycles. The minimum Gasteiger partial charge on any atom is -0.487 e. The van der Waals surface area contributed by atoms with Gasteiger partial charge in [0.1, 0.15) is 18.1 Å². The van der Waals surface area contributed by atoms with Crippen molar-refractivity contribution >= 4 is 11.5 Å². The molecule has 0 fully saturated rings. The molecule has 0 unspecified atom stereocenters. The number of para-hydroxylation sites is 1. The number of nitrogens with two attached hydrogens (primary N) is 1. The van der Waals surface area contributed by atoms with Crippen molar-refractivity contribution in [3.63, 3.8) is 0 Å². The lowest BCUT2D eigenvalue weighted by Crippen LogP contribution is -2.10. The van der Waals surface area contributed by atoms with Crippen LogP contribution in [-0.2, 0) is 29.1 Å². The van der Waals surface area contributed by atoms with Gasteiger partial charge in [-0.1, -0.05) is 36.4 Å². The van der Waals surface area contributed by atoms with Gasteiger partial charge >= 0.3 is 5.97 Å². The fraction of sp³-hybridized carbons (Fsp3) is 0.208. The number of benzene rings is 2. The molecule has 0 saturated carbocycles. The van der Waals surface area contributed by atoms with Crippen LogP contribution in [0.25, 0.3) is 16.9 Å². The number of fused-ring (bicyclic) bond motifs is 1. The van der Waals surface area contributed by atoms with Crippen molar-refractivity contribution in [2.75, 3.05) is 6.61 Å². The molecule has 158 valence electrons. The van der Waals surface area contributed by atoms with E-state index in [2.05, 4.69) is 5.10 Å². The van der Waals surface area contributed by atoms with Crippen molar-refractivity contribution in [3.05, 3.63) is 83.7 Å². The van der Waals surface area contributed by atoms with Crippen molar-refractivity contribution in [2.24, 2.45) is 5.73 Å². The summed E-state index contributed by atoms with van der Waals surface area (Å²) in [6, 6.07) is 19.2. The van der Waals surface area contributed by atoms with Gasteiger partial charge in [-0.2, -0.15) is 0 Å². The largest absolute Gasteiger partial charge is 0.487 e. The molecule has 0 aliphatic carbocycles. The van der Waals surface area contributed by atoms with Crippen LogP contribution in [0, 0.1) is 0 Å². The molecule has 4 rings (SSSR count). The summed E-state index contributed by atoms with van der Waals surface area (Å²) >= 11 is 0. The Balaban J connectivity index is 1.62. The molecule has 7 heteroatoms. The van der Waals surface area contributed by atoms with Crippen LogP contribution in [-0.4, -0.2) is 27.2 Å². The second-order valence-corrected chi connectivity index (χ2v) is 7.00. The molecule has 0 aliphatic heterocycles. The van der Waals surface area contributed by atoms with Gasteiger partial charge in [-0.3, -0.25) is 4.79 Å². The van der Waals surface area contributed by atoms with Crippen LogP contribution in [0.3, 0.4) is 0 Å². The number of esters is 1. The van der Waals surface area contributed by atoms with E-state index in [0.29, 0.717) is 24.7 Å². The molecule has 7 nitrogen and oxygen atoms in total. The quantitative estimate of drug-likeness (QED) is 0.442. The predicted molar refractivity (Wildman–Crippen MR) is 117 cm³/mol. The summed E-state index contributed by atoms with van der Waals surface area (Å²) in [5, 5.41) is 4.62.